The van der Waals surface area contributed by atoms with Crippen LogP contribution in [0.25, 0.3) is 83.4 Å². The molecule has 0 radical (unpaired) electrons. The number of halogens is 1. The maximum atomic E-state index is 6.50. The van der Waals surface area contributed by atoms with Crippen molar-refractivity contribution in [3.8, 4) is 61.6 Å². The van der Waals surface area contributed by atoms with Gasteiger partial charge in [0.2, 0.25) is 5.28 Å². The van der Waals surface area contributed by atoms with Crippen LogP contribution in [0.4, 0.5) is 0 Å². The minimum Gasteiger partial charge on any atom is -0.309 e. The minimum absolute atomic E-state index is 0.222. The van der Waals surface area contributed by atoms with Gasteiger partial charge in [0.15, 0.2) is 0 Å². The van der Waals surface area contributed by atoms with Gasteiger partial charge in [-0.3, -0.25) is 0 Å². The molecule has 236 valence electrons. The second-order valence-electron chi connectivity index (χ2n) is 12.4. The predicted molar refractivity (Wildman–Crippen MR) is 209 cm³/mol. The van der Waals surface area contributed by atoms with Crippen molar-refractivity contribution in [3.05, 3.63) is 187 Å². The molecule has 4 heteroatoms. The van der Waals surface area contributed by atoms with Crippen molar-refractivity contribution in [2.45, 2.75) is 0 Å². The Hall–Kier alpha value is -6.29. The highest BCUT2D eigenvalue weighted by Crippen LogP contribution is 2.34. The van der Waals surface area contributed by atoms with Crippen LogP contribution < -0.4 is 0 Å². The van der Waals surface area contributed by atoms with Gasteiger partial charge in [-0.05, 0) is 81.4 Å². The van der Waals surface area contributed by atoms with Gasteiger partial charge >= 0.3 is 0 Å². The third-order valence-electron chi connectivity index (χ3n) is 9.38. The van der Waals surface area contributed by atoms with Gasteiger partial charge in [-0.25, -0.2) is 9.97 Å². The van der Waals surface area contributed by atoms with Crippen LogP contribution >= 0.6 is 11.6 Å². The fraction of sp³-hybridized carbons (Fsp3) is 0. The number of fused-ring (bicyclic) bond motifs is 3. The fourth-order valence-electron chi connectivity index (χ4n) is 6.91. The summed E-state index contributed by atoms with van der Waals surface area (Å²) in [5, 5.41) is 2.73. The van der Waals surface area contributed by atoms with E-state index in [1.807, 2.05) is 12.1 Å². The summed E-state index contributed by atoms with van der Waals surface area (Å²) in [4.78, 5) is 9.17. The zero-order valence-electron chi connectivity index (χ0n) is 27.0. The van der Waals surface area contributed by atoms with Crippen LogP contribution in [-0.2, 0) is 0 Å². The highest BCUT2D eigenvalue weighted by atomic mass is 35.5. The molecule has 7 aromatic carbocycles. The van der Waals surface area contributed by atoms with Gasteiger partial charge in [-0.15, -0.1) is 0 Å². The largest absolute Gasteiger partial charge is 0.309 e. The van der Waals surface area contributed by atoms with E-state index in [2.05, 4.69) is 184 Å². The zero-order valence-corrected chi connectivity index (χ0v) is 27.8. The molecule has 0 aliphatic heterocycles. The van der Waals surface area contributed by atoms with Gasteiger partial charge in [0, 0.05) is 27.6 Å². The fourth-order valence-corrected chi connectivity index (χ4v) is 7.10. The Morgan fingerprint density at radius 2 is 0.760 bits per heavy atom. The Labute approximate surface area is 295 Å². The number of nitrogens with zero attached hydrogens (tertiary/aromatic N) is 3. The van der Waals surface area contributed by atoms with Crippen LogP contribution in [0.15, 0.2) is 182 Å². The van der Waals surface area contributed by atoms with E-state index in [1.165, 1.54) is 38.5 Å². The van der Waals surface area contributed by atoms with Crippen LogP contribution in [0, 0.1) is 0 Å². The first kappa shape index (κ1) is 29.8. The van der Waals surface area contributed by atoms with E-state index in [4.69, 9.17) is 11.6 Å². The van der Waals surface area contributed by atoms with Crippen LogP contribution in [0.3, 0.4) is 0 Å². The molecule has 0 saturated heterocycles. The number of rotatable bonds is 6. The molecule has 0 fully saturated rings. The first-order valence-electron chi connectivity index (χ1n) is 16.7. The molecule has 0 unspecified atom stereocenters. The minimum atomic E-state index is 0.222. The number of para-hydroxylation sites is 2. The second kappa shape index (κ2) is 12.6. The van der Waals surface area contributed by atoms with Crippen molar-refractivity contribution in [2.75, 3.05) is 0 Å². The van der Waals surface area contributed by atoms with Gasteiger partial charge in [0.1, 0.15) is 0 Å². The average Bonchev–Trinajstić information content (AvgIpc) is 3.53. The Kier molecular flexibility index (Phi) is 7.53. The molecule has 2 heterocycles. The lowest BCUT2D eigenvalue weighted by atomic mass is 9.98. The van der Waals surface area contributed by atoms with E-state index in [1.54, 1.807) is 0 Å². The van der Waals surface area contributed by atoms with E-state index in [0.717, 1.165) is 44.9 Å². The highest BCUT2D eigenvalue weighted by molar-refractivity contribution is 6.28. The lowest BCUT2D eigenvalue weighted by molar-refractivity contribution is 1.18. The topological polar surface area (TPSA) is 30.7 Å². The van der Waals surface area contributed by atoms with Gasteiger partial charge < -0.3 is 4.57 Å². The van der Waals surface area contributed by atoms with Crippen LogP contribution in [-0.4, -0.2) is 14.5 Å². The maximum absolute atomic E-state index is 6.50. The molecule has 9 aromatic rings. The Morgan fingerprint density at radius 3 is 1.32 bits per heavy atom. The van der Waals surface area contributed by atoms with Crippen LogP contribution in [0.1, 0.15) is 0 Å². The molecule has 0 N–H and O–H groups in total. The van der Waals surface area contributed by atoms with Crippen LogP contribution in [0.2, 0.25) is 5.28 Å². The van der Waals surface area contributed by atoms with Gasteiger partial charge in [0.25, 0.3) is 0 Å². The van der Waals surface area contributed by atoms with Crippen molar-refractivity contribution in [1.29, 1.82) is 0 Å². The standard InChI is InChI=1S/C46H30ClN3/c47-46-48-42(34-24-20-32(21-25-34)37-13-8-12-36(28-37)31-10-2-1-3-11-31)30-43(49-46)35-26-22-33(23-27-35)38-14-9-15-39(29-38)50-44-18-6-4-16-40(44)41-17-5-7-19-45(41)50/h1-30H. The molecule has 0 saturated carbocycles. The smallest absolute Gasteiger partial charge is 0.223 e. The molecule has 0 amide bonds. The first-order chi connectivity index (χ1) is 24.7. The summed E-state index contributed by atoms with van der Waals surface area (Å²) in [6.07, 6.45) is 0. The Bertz CT molecular complexity index is 2590. The van der Waals surface area contributed by atoms with Crippen molar-refractivity contribution in [3.63, 3.8) is 0 Å². The zero-order chi connectivity index (χ0) is 33.4. The summed E-state index contributed by atoms with van der Waals surface area (Å²) in [5.41, 5.74) is 14.0. The first-order valence-corrected chi connectivity index (χ1v) is 17.1. The monoisotopic (exact) mass is 659 g/mol. The molecular formula is C46H30ClN3. The van der Waals surface area contributed by atoms with E-state index in [9.17, 15) is 0 Å². The van der Waals surface area contributed by atoms with Crippen molar-refractivity contribution in [2.24, 2.45) is 0 Å². The van der Waals surface area contributed by atoms with Crippen molar-refractivity contribution >= 4 is 33.4 Å². The number of hydrogen-bond acceptors (Lipinski definition) is 2. The predicted octanol–water partition coefficient (Wildman–Crippen LogP) is 12.6. The van der Waals surface area contributed by atoms with Gasteiger partial charge in [-0.1, -0.05) is 146 Å². The lowest BCUT2D eigenvalue weighted by Crippen LogP contribution is -1.94. The van der Waals surface area contributed by atoms with Crippen LogP contribution in [0.5, 0.6) is 0 Å². The summed E-state index contributed by atoms with van der Waals surface area (Å²) in [7, 11) is 0. The van der Waals surface area contributed by atoms with Crippen molar-refractivity contribution < 1.29 is 0 Å². The molecule has 0 spiro atoms. The highest BCUT2D eigenvalue weighted by Gasteiger charge is 2.13. The van der Waals surface area contributed by atoms with Gasteiger partial charge in [0.05, 0.1) is 22.4 Å². The number of benzene rings is 7. The molecule has 50 heavy (non-hydrogen) atoms. The molecule has 3 nitrogen and oxygen atoms in total. The van der Waals surface area contributed by atoms with E-state index in [0.29, 0.717) is 0 Å². The lowest BCUT2D eigenvalue weighted by Gasteiger charge is -2.11. The maximum Gasteiger partial charge on any atom is 0.223 e. The molecule has 0 bridgehead atoms. The molecule has 0 atom stereocenters. The third-order valence-corrected chi connectivity index (χ3v) is 9.55. The Morgan fingerprint density at radius 1 is 0.340 bits per heavy atom. The normalized spacial score (nSPS) is 11.3. The van der Waals surface area contributed by atoms with Crippen molar-refractivity contribution in [1.82, 2.24) is 14.5 Å². The molecule has 2 aromatic heterocycles. The summed E-state index contributed by atoms with van der Waals surface area (Å²) >= 11 is 6.50. The van der Waals surface area contributed by atoms with Gasteiger partial charge in [-0.2, -0.15) is 0 Å². The number of aromatic nitrogens is 3. The average molecular weight is 660 g/mol. The Balaban J connectivity index is 0.997. The molecule has 0 aliphatic rings. The second-order valence-corrected chi connectivity index (χ2v) is 12.8. The quantitative estimate of drug-likeness (QED) is 0.166. The summed E-state index contributed by atoms with van der Waals surface area (Å²) in [6, 6.07) is 64.0. The van der Waals surface area contributed by atoms with E-state index < -0.39 is 0 Å². The summed E-state index contributed by atoms with van der Waals surface area (Å²) in [6.45, 7) is 0. The SMILES string of the molecule is Clc1nc(-c2ccc(-c3cccc(-c4ccccc4)c3)cc2)cc(-c2ccc(-c3cccc(-n4c5ccccc5c5ccccc54)c3)cc2)n1. The third kappa shape index (κ3) is 5.54. The molecule has 9 rings (SSSR count). The molecular weight excluding hydrogens is 630 g/mol. The van der Waals surface area contributed by atoms with E-state index in [-0.39, 0.29) is 5.28 Å². The summed E-state index contributed by atoms with van der Waals surface area (Å²) in [5.74, 6) is 0. The summed E-state index contributed by atoms with van der Waals surface area (Å²) < 4.78 is 2.35. The van der Waals surface area contributed by atoms with E-state index >= 15 is 0 Å². The number of hydrogen-bond donors (Lipinski definition) is 0. The molecule has 0 aliphatic carbocycles.